The minimum Gasteiger partial charge on any atom is -0.372 e. The van der Waals surface area contributed by atoms with E-state index in [2.05, 4.69) is 25.1 Å². The number of piperidine rings is 1. The number of hydrogen-bond acceptors (Lipinski definition) is 7. The number of carbonyl (C=O) groups excluding carboxylic acids is 1. The van der Waals surface area contributed by atoms with Gasteiger partial charge in [0.15, 0.2) is 5.82 Å². The number of nitrogens with one attached hydrogen (secondary N) is 2. The van der Waals surface area contributed by atoms with Crippen LogP contribution < -0.4 is 14.9 Å². The molecule has 0 bridgehead atoms. The maximum Gasteiger partial charge on any atom is 0.249 e. The lowest BCUT2D eigenvalue weighted by Gasteiger charge is -2.28. The number of carbonyl (C=O) groups is 1. The predicted molar refractivity (Wildman–Crippen MR) is 122 cm³/mol. The van der Waals surface area contributed by atoms with E-state index < -0.39 is 27.7 Å². The van der Waals surface area contributed by atoms with Crippen LogP contribution in [0.3, 0.4) is 0 Å². The van der Waals surface area contributed by atoms with E-state index in [1.807, 2.05) is 26.0 Å². The second-order valence-electron chi connectivity index (χ2n) is 9.01. The fraction of sp³-hybridized carbons (Fsp3) is 0.591. The van der Waals surface area contributed by atoms with Crippen molar-refractivity contribution in [3.05, 3.63) is 36.0 Å². The summed E-state index contributed by atoms with van der Waals surface area (Å²) in [5, 5.41) is 6.73. The van der Waals surface area contributed by atoms with Gasteiger partial charge in [-0.25, -0.2) is 8.42 Å². The van der Waals surface area contributed by atoms with Crippen LogP contribution in [0.1, 0.15) is 69.6 Å². The van der Waals surface area contributed by atoms with Gasteiger partial charge in [-0.2, -0.15) is 4.98 Å². The summed E-state index contributed by atoms with van der Waals surface area (Å²) in [6, 6.07) is 6.74. The van der Waals surface area contributed by atoms with Crippen LogP contribution in [-0.2, 0) is 14.8 Å². The number of amides is 1. The summed E-state index contributed by atoms with van der Waals surface area (Å²) in [5.41, 5.74) is 1.51. The third-order valence-electron chi connectivity index (χ3n) is 5.83. The van der Waals surface area contributed by atoms with Crippen LogP contribution in [0, 0.1) is 5.92 Å². The third-order valence-corrected chi connectivity index (χ3v) is 7.02. The van der Waals surface area contributed by atoms with E-state index in [4.69, 9.17) is 4.52 Å². The van der Waals surface area contributed by atoms with Crippen molar-refractivity contribution < 1.29 is 17.7 Å². The molecule has 2 aliphatic rings. The van der Waals surface area contributed by atoms with E-state index in [0.717, 1.165) is 31.6 Å². The van der Waals surface area contributed by atoms with Crippen LogP contribution in [-0.4, -0.2) is 43.3 Å². The minimum atomic E-state index is -3.87. The first kappa shape index (κ1) is 22.6. The van der Waals surface area contributed by atoms with Crippen molar-refractivity contribution in [2.45, 2.75) is 57.9 Å². The third kappa shape index (κ3) is 5.79. The molecule has 10 heteroatoms. The Balaban J connectivity index is 1.34. The molecular weight excluding hydrogens is 430 g/mol. The van der Waals surface area contributed by atoms with Crippen LogP contribution in [0.4, 0.5) is 11.4 Å². The molecule has 1 saturated carbocycles. The largest absolute Gasteiger partial charge is 0.372 e. The number of sulfonamides is 1. The fourth-order valence-electron chi connectivity index (χ4n) is 3.89. The van der Waals surface area contributed by atoms with E-state index in [9.17, 15) is 13.2 Å². The smallest absolute Gasteiger partial charge is 0.249 e. The topological polar surface area (TPSA) is 117 Å². The van der Waals surface area contributed by atoms with Crippen LogP contribution in [0.15, 0.2) is 28.8 Å². The first-order valence-electron chi connectivity index (χ1n) is 11.3. The molecule has 1 saturated heterocycles. The highest BCUT2D eigenvalue weighted by Gasteiger charge is 2.32. The first-order valence-corrected chi connectivity index (χ1v) is 12.9. The van der Waals surface area contributed by atoms with Crippen molar-refractivity contribution >= 4 is 27.3 Å². The molecule has 0 spiro atoms. The average molecular weight is 462 g/mol. The molecule has 0 radical (unpaired) electrons. The quantitative estimate of drug-likeness (QED) is 0.589. The molecule has 1 aliphatic heterocycles. The molecule has 32 heavy (non-hydrogen) atoms. The highest BCUT2D eigenvalue weighted by atomic mass is 32.2. The molecule has 1 atom stereocenters. The molecule has 4 rings (SSSR count). The van der Waals surface area contributed by atoms with Gasteiger partial charge in [-0.1, -0.05) is 19.0 Å². The first-order chi connectivity index (χ1) is 15.3. The molecule has 1 unspecified atom stereocenters. The Morgan fingerprint density at radius 3 is 2.47 bits per heavy atom. The monoisotopic (exact) mass is 461 g/mol. The van der Waals surface area contributed by atoms with Gasteiger partial charge in [0, 0.05) is 30.4 Å². The summed E-state index contributed by atoms with van der Waals surface area (Å²) in [6.45, 7) is 5.85. The van der Waals surface area contributed by atoms with Gasteiger partial charge >= 0.3 is 0 Å². The predicted octanol–water partition coefficient (Wildman–Crippen LogP) is 3.19. The lowest BCUT2D eigenvalue weighted by Crippen LogP contribution is -2.37. The Morgan fingerprint density at radius 2 is 1.84 bits per heavy atom. The van der Waals surface area contributed by atoms with Crippen LogP contribution >= 0.6 is 0 Å². The number of rotatable bonds is 9. The van der Waals surface area contributed by atoms with E-state index in [1.54, 1.807) is 12.1 Å². The molecule has 1 aromatic carbocycles. The van der Waals surface area contributed by atoms with Crippen molar-refractivity contribution in [3.8, 4) is 0 Å². The molecule has 9 nitrogen and oxygen atoms in total. The zero-order valence-electron chi connectivity index (χ0n) is 18.6. The van der Waals surface area contributed by atoms with Gasteiger partial charge in [0.25, 0.3) is 0 Å². The molecule has 1 aliphatic carbocycles. The summed E-state index contributed by atoms with van der Waals surface area (Å²) in [6.07, 6.45) is 5.68. The lowest BCUT2D eigenvalue weighted by molar-refractivity contribution is -0.119. The summed E-state index contributed by atoms with van der Waals surface area (Å²) in [4.78, 5) is 19.2. The van der Waals surface area contributed by atoms with Crippen LogP contribution in [0.5, 0.6) is 0 Å². The lowest BCUT2D eigenvalue weighted by atomic mass is 10.0. The normalized spacial score (nSPS) is 17.9. The fourth-order valence-corrected chi connectivity index (χ4v) is 4.89. The average Bonchev–Trinajstić information content (AvgIpc) is 3.49. The van der Waals surface area contributed by atoms with Crippen LogP contribution in [0.2, 0.25) is 0 Å². The van der Waals surface area contributed by atoms with Gasteiger partial charge in [-0.3, -0.25) is 9.52 Å². The second kappa shape index (κ2) is 9.48. The van der Waals surface area contributed by atoms with Crippen molar-refractivity contribution in [3.63, 3.8) is 0 Å². The molecule has 1 aromatic heterocycles. The molecular formula is C22H31N5O4S. The van der Waals surface area contributed by atoms with Gasteiger partial charge in [-0.15, -0.1) is 0 Å². The Kier molecular flexibility index (Phi) is 6.68. The SMILES string of the molecule is CC(C)C(NC(=O)CS(=O)(=O)Nc1ccc(N2CCCCC2)cc1)c1nc(C2CC2)no1. The molecule has 2 aromatic rings. The van der Waals surface area contributed by atoms with E-state index >= 15 is 0 Å². The zero-order chi connectivity index (χ0) is 22.7. The van der Waals surface area contributed by atoms with Crippen molar-refractivity contribution in [1.29, 1.82) is 0 Å². The van der Waals surface area contributed by atoms with Crippen LogP contribution in [0.25, 0.3) is 0 Å². The van der Waals surface area contributed by atoms with Gasteiger partial charge in [0.1, 0.15) is 11.8 Å². The minimum absolute atomic E-state index is 0.0375. The number of hydrogen-bond donors (Lipinski definition) is 2. The van der Waals surface area contributed by atoms with Gasteiger partial charge in [0.05, 0.1) is 0 Å². The highest BCUT2D eigenvalue weighted by molar-refractivity contribution is 7.93. The maximum atomic E-state index is 12.6. The molecule has 2 heterocycles. The molecule has 2 N–H and O–H groups in total. The summed E-state index contributed by atoms with van der Waals surface area (Å²) in [5.74, 6) is -0.0389. The zero-order valence-corrected chi connectivity index (χ0v) is 19.4. The van der Waals surface area contributed by atoms with Crippen molar-refractivity contribution in [1.82, 2.24) is 15.5 Å². The molecule has 1 amide bonds. The Morgan fingerprint density at radius 1 is 1.16 bits per heavy atom. The molecule has 174 valence electrons. The number of anilines is 2. The summed E-state index contributed by atoms with van der Waals surface area (Å²) in [7, 11) is -3.87. The summed E-state index contributed by atoms with van der Waals surface area (Å²) < 4.78 is 32.9. The summed E-state index contributed by atoms with van der Waals surface area (Å²) >= 11 is 0. The number of aromatic nitrogens is 2. The van der Waals surface area contributed by atoms with Crippen molar-refractivity contribution in [2.24, 2.45) is 5.92 Å². The van der Waals surface area contributed by atoms with Gasteiger partial charge < -0.3 is 14.7 Å². The van der Waals surface area contributed by atoms with E-state index in [1.165, 1.54) is 19.3 Å². The van der Waals surface area contributed by atoms with Gasteiger partial charge in [0.2, 0.25) is 21.8 Å². The number of nitrogens with zero attached hydrogens (tertiary/aromatic N) is 3. The Labute approximate surface area is 189 Å². The van der Waals surface area contributed by atoms with E-state index in [0.29, 0.717) is 23.3 Å². The molecule has 2 fully saturated rings. The number of benzene rings is 1. The van der Waals surface area contributed by atoms with E-state index in [-0.39, 0.29) is 5.92 Å². The van der Waals surface area contributed by atoms with Crippen molar-refractivity contribution in [2.75, 3.05) is 28.5 Å². The second-order valence-corrected chi connectivity index (χ2v) is 10.7. The van der Waals surface area contributed by atoms with Gasteiger partial charge in [-0.05, 0) is 62.3 Å². The maximum absolute atomic E-state index is 12.6. The Hall–Kier alpha value is -2.62. The Bertz CT molecular complexity index is 1020. The highest BCUT2D eigenvalue weighted by Crippen LogP contribution is 2.38. The standard InChI is InChI=1S/C22H31N5O4S/c1-15(2)20(22-24-21(25-31-22)16-6-7-16)23-19(28)14-32(29,30)26-17-8-10-18(11-9-17)27-12-4-3-5-13-27/h8-11,15-16,20,26H,3-7,12-14H2,1-2H3,(H,23,28).